The fourth-order valence-electron chi connectivity index (χ4n) is 5.80. The number of hydrogen-bond acceptors (Lipinski definition) is 1. The van der Waals surface area contributed by atoms with Crippen molar-refractivity contribution in [3.8, 4) is 0 Å². The molecule has 3 aliphatic rings. The largest absolute Gasteiger partial charge is 0.522 e. The average Bonchev–Trinajstić information content (AvgIpc) is 2.57. The molecule has 0 aliphatic heterocycles. The predicted molar refractivity (Wildman–Crippen MR) is 94.1 cm³/mol. The number of halogens is 3. The molecule has 0 N–H and O–H groups in total. The van der Waals surface area contributed by atoms with Gasteiger partial charge in [-0.25, -0.2) is 0 Å². The molecule has 0 spiro atoms. The minimum absolute atomic E-state index is 0.583. The molecule has 0 unspecified atom stereocenters. The molecule has 0 radical (unpaired) electrons. The number of rotatable bonds is 4. The van der Waals surface area contributed by atoms with Gasteiger partial charge in [0, 0.05) is 0 Å². The molecule has 0 aromatic carbocycles. The van der Waals surface area contributed by atoms with Crippen LogP contribution in [0, 0.1) is 29.6 Å². The van der Waals surface area contributed by atoms with E-state index in [4.69, 9.17) is 0 Å². The maximum atomic E-state index is 12.3. The lowest BCUT2D eigenvalue weighted by atomic mass is 9.68. The van der Waals surface area contributed by atoms with E-state index in [0.717, 1.165) is 36.5 Å². The Hall–Kier alpha value is -0.250. The van der Waals surface area contributed by atoms with Gasteiger partial charge in [0.1, 0.15) is 0 Å². The summed E-state index contributed by atoms with van der Waals surface area (Å²) < 4.78 is 41.1. The van der Waals surface area contributed by atoms with Crippen LogP contribution in [0.15, 0.2) is 0 Å². The first-order valence-electron chi connectivity index (χ1n) is 10.6. The summed E-state index contributed by atoms with van der Waals surface area (Å²) in [5, 5.41) is 0. The summed E-state index contributed by atoms with van der Waals surface area (Å²) in [6.07, 6.45) is 10.4. The quantitative estimate of drug-likeness (QED) is 0.519. The summed E-state index contributed by atoms with van der Waals surface area (Å²) in [6, 6.07) is 0. The molecule has 0 bridgehead atoms. The van der Waals surface area contributed by atoms with E-state index in [9.17, 15) is 13.2 Å². The molecular formula is C21H35F3O. The summed E-state index contributed by atoms with van der Waals surface area (Å²) >= 11 is 0. The molecule has 4 heteroatoms. The first-order valence-corrected chi connectivity index (χ1v) is 10.6. The Balaban J connectivity index is 1.33. The molecule has 3 rings (SSSR count). The van der Waals surface area contributed by atoms with Crippen LogP contribution in [0.2, 0.25) is 0 Å². The molecule has 0 aromatic rings. The Bertz CT molecular complexity index is 384. The second kappa shape index (κ2) is 8.63. The van der Waals surface area contributed by atoms with E-state index >= 15 is 0 Å². The number of ether oxygens (including phenoxy) is 1. The van der Waals surface area contributed by atoms with E-state index in [-0.39, 0.29) is 0 Å². The molecule has 3 aliphatic carbocycles. The Labute approximate surface area is 151 Å². The van der Waals surface area contributed by atoms with Crippen LogP contribution in [0.3, 0.4) is 0 Å². The van der Waals surface area contributed by atoms with E-state index in [2.05, 4.69) is 11.7 Å². The maximum absolute atomic E-state index is 12.3. The van der Waals surface area contributed by atoms with Crippen LogP contribution in [0.25, 0.3) is 0 Å². The van der Waals surface area contributed by atoms with Crippen molar-refractivity contribution >= 4 is 0 Å². The predicted octanol–water partition coefficient (Wildman–Crippen LogP) is 7.10. The van der Waals surface area contributed by atoms with Gasteiger partial charge in [-0.3, -0.25) is 4.74 Å². The maximum Gasteiger partial charge on any atom is 0.522 e. The molecule has 0 aromatic heterocycles. The zero-order valence-electron chi connectivity index (χ0n) is 15.7. The normalized spacial score (nSPS) is 40.8. The minimum atomic E-state index is -4.47. The molecule has 3 saturated carbocycles. The van der Waals surface area contributed by atoms with Crippen molar-refractivity contribution in [3.63, 3.8) is 0 Å². The molecule has 3 fully saturated rings. The van der Waals surface area contributed by atoms with E-state index in [1.165, 1.54) is 57.8 Å². The van der Waals surface area contributed by atoms with Crippen LogP contribution in [0.5, 0.6) is 0 Å². The molecule has 146 valence electrons. The summed E-state index contributed by atoms with van der Waals surface area (Å²) in [5.41, 5.74) is 0. The minimum Gasteiger partial charge on any atom is -0.289 e. The standard InChI is InChI=1S/C21H35F3O/c1-15-2-8-18(9-3-15)19-10-4-16(5-11-19)14-17-6-12-20(13-7-17)25-21(22,23)24/h15-20H,2-14H2,1H3. The monoisotopic (exact) mass is 360 g/mol. The van der Waals surface area contributed by atoms with E-state index in [0.29, 0.717) is 18.8 Å². The van der Waals surface area contributed by atoms with Crippen molar-refractivity contribution in [2.24, 2.45) is 29.6 Å². The second-order valence-electron chi connectivity index (χ2n) is 9.24. The third-order valence-electron chi connectivity index (χ3n) is 7.38. The fraction of sp³-hybridized carbons (Fsp3) is 1.00. The van der Waals surface area contributed by atoms with Crippen molar-refractivity contribution in [3.05, 3.63) is 0 Å². The van der Waals surface area contributed by atoms with Crippen molar-refractivity contribution in [1.29, 1.82) is 0 Å². The molecular weight excluding hydrogens is 325 g/mol. The highest BCUT2D eigenvalue weighted by molar-refractivity contribution is 4.83. The van der Waals surface area contributed by atoms with E-state index in [1.54, 1.807) is 0 Å². The van der Waals surface area contributed by atoms with Crippen molar-refractivity contribution in [1.82, 2.24) is 0 Å². The fourth-order valence-corrected chi connectivity index (χ4v) is 5.80. The van der Waals surface area contributed by atoms with Gasteiger partial charge in [0.25, 0.3) is 0 Å². The van der Waals surface area contributed by atoms with E-state index in [1.807, 2.05) is 0 Å². The van der Waals surface area contributed by atoms with Gasteiger partial charge in [-0.1, -0.05) is 32.6 Å². The van der Waals surface area contributed by atoms with Gasteiger partial charge in [-0.15, -0.1) is 13.2 Å². The van der Waals surface area contributed by atoms with Crippen molar-refractivity contribution < 1.29 is 17.9 Å². The molecule has 1 nitrogen and oxygen atoms in total. The van der Waals surface area contributed by atoms with Crippen molar-refractivity contribution in [2.45, 2.75) is 103 Å². The summed E-state index contributed by atoms with van der Waals surface area (Å²) in [4.78, 5) is 0. The Kier molecular flexibility index (Phi) is 6.73. The average molecular weight is 361 g/mol. The molecule has 25 heavy (non-hydrogen) atoms. The number of hydrogen-bond donors (Lipinski definition) is 0. The van der Waals surface area contributed by atoms with Gasteiger partial charge >= 0.3 is 6.36 Å². The second-order valence-corrected chi connectivity index (χ2v) is 9.24. The van der Waals surface area contributed by atoms with Gasteiger partial charge in [0.2, 0.25) is 0 Å². The summed E-state index contributed by atoms with van der Waals surface area (Å²) in [5.74, 6) is 4.32. The van der Waals surface area contributed by atoms with Gasteiger partial charge in [-0.2, -0.15) is 0 Å². The zero-order chi connectivity index (χ0) is 17.9. The molecule has 0 amide bonds. The smallest absolute Gasteiger partial charge is 0.289 e. The Morgan fingerprint density at radius 3 is 1.60 bits per heavy atom. The summed E-state index contributed by atoms with van der Waals surface area (Å²) in [7, 11) is 0. The van der Waals surface area contributed by atoms with E-state index < -0.39 is 12.5 Å². The Morgan fingerprint density at radius 2 is 1.12 bits per heavy atom. The lowest BCUT2D eigenvalue weighted by molar-refractivity contribution is -0.345. The third kappa shape index (κ3) is 6.15. The zero-order valence-corrected chi connectivity index (χ0v) is 15.7. The van der Waals surface area contributed by atoms with Crippen LogP contribution < -0.4 is 0 Å². The van der Waals surface area contributed by atoms with Crippen LogP contribution >= 0.6 is 0 Å². The highest BCUT2D eigenvalue weighted by Crippen LogP contribution is 2.43. The molecule has 0 saturated heterocycles. The first kappa shape index (κ1) is 19.5. The van der Waals surface area contributed by atoms with Crippen LogP contribution in [0.1, 0.15) is 90.4 Å². The highest BCUT2D eigenvalue weighted by atomic mass is 19.4. The topological polar surface area (TPSA) is 9.23 Å². The van der Waals surface area contributed by atoms with Gasteiger partial charge in [0.05, 0.1) is 6.10 Å². The van der Waals surface area contributed by atoms with Crippen LogP contribution in [-0.4, -0.2) is 12.5 Å². The highest BCUT2D eigenvalue weighted by Gasteiger charge is 2.36. The van der Waals surface area contributed by atoms with Gasteiger partial charge in [-0.05, 0) is 87.4 Å². The summed E-state index contributed by atoms with van der Waals surface area (Å²) in [6.45, 7) is 2.39. The third-order valence-corrected chi connectivity index (χ3v) is 7.38. The first-order chi connectivity index (χ1) is 11.9. The van der Waals surface area contributed by atoms with Gasteiger partial charge < -0.3 is 0 Å². The molecule has 0 heterocycles. The van der Waals surface area contributed by atoms with Crippen LogP contribution in [-0.2, 0) is 4.74 Å². The van der Waals surface area contributed by atoms with Crippen LogP contribution in [0.4, 0.5) is 13.2 Å². The van der Waals surface area contributed by atoms with Gasteiger partial charge in [0.15, 0.2) is 0 Å². The number of alkyl halides is 3. The SMILES string of the molecule is CC1CCC(C2CCC(CC3CCC(OC(F)(F)F)CC3)CC2)CC1. The molecule has 0 atom stereocenters. The lowest BCUT2D eigenvalue weighted by Crippen LogP contribution is -2.29. The van der Waals surface area contributed by atoms with Crippen molar-refractivity contribution in [2.75, 3.05) is 0 Å². The lowest BCUT2D eigenvalue weighted by Gasteiger charge is -2.38. The Morgan fingerprint density at radius 1 is 0.680 bits per heavy atom.